The van der Waals surface area contributed by atoms with Crippen LogP contribution in [-0.2, 0) is 6.42 Å². The zero-order valence-electron chi connectivity index (χ0n) is 15.3. The fourth-order valence-electron chi connectivity index (χ4n) is 3.13. The van der Waals surface area contributed by atoms with Gasteiger partial charge in [-0.1, -0.05) is 78.9 Å². The van der Waals surface area contributed by atoms with Crippen LogP contribution in [0.3, 0.4) is 0 Å². The van der Waals surface area contributed by atoms with E-state index in [0.29, 0.717) is 6.04 Å². The van der Waals surface area contributed by atoms with Gasteiger partial charge in [-0.3, -0.25) is 0 Å². The molecule has 2 atom stereocenters. The minimum atomic E-state index is 0.0509. The van der Waals surface area contributed by atoms with Crippen LogP contribution in [-0.4, -0.2) is 12.6 Å². The Morgan fingerprint density at radius 1 is 0.769 bits per heavy atom. The number of hydrogen-bond acceptors (Lipinski definition) is 2. The highest BCUT2D eigenvalue weighted by Gasteiger charge is 2.14. The number of nitrogens with one attached hydrogen (secondary N) is 1. The van der Waals surface area contributed by atoms with Gasteiger partial charge >= 0.3 is 0 Å². The standard InChI is InChI=1S/C24H27NO/c1-20(19-21-11-5-2-6-12-21)25-18-17-24(22-13-7-3-8-14-22)26-23-15-9-4-10-16-23/h2-16,20,24-25H,17-19H2,1H3. The van der Waals surface area contributed by atoms with Crippen molar-refractivity contribution in [2.45, 2.75) is 31.9 Å². The first-order chi connectivity index (χ1) is 12.8. The molecule has 0 saturated carbocycles. The first-order valence-electron chi connectivity index (χ1n) is 9.35. The van der Waals surface area contributed by atoms with Crippen LogP contribution in [0.2, 0.25) is 0 Å². The molecule has 2 nitrogen and oxygen atoms in total. The molecule has 0 radical (unpaired) electrons. The van der Waals surface area contributed by atoms with Crippen LogP contribution in [0.15, 0.2) is 91.0 Å². The lowest BCUT2D eigenvalue weighted by molar-refractivity contribution is 0.192. The summed E-state index contributed by atoms with van der Waals surface area (Å²) in [7, 11) is 0. The highest BCUT2D eigenvalue weighted by molar-refractivity contribution is 5.24. The molecule has 0 aliphatic carbocycles. The maximum absolute atomic E-state index is 6.26. The van der Waals surface area contributed by atoms with Gasteiger partial charge in [0.2, 0.25) is 0 Å². The molecule has 3 aromatic carbocycles. The molecule has 0 amide bonds. The predicted octanol–water partition coefficient (Wildman–Crippen LogP) is 5.42. The number of ether oxygens (including phenoxy) is 1. The van der Waals surface area contributed by atoms with Gasteiger partial charge in [-0.15, -0.1) is 0 Å². The topological polar surface area (TPSA) is 21.3 Å². The van der Waals surface area contributed by atoms with Crippen LogP contribution in [0.1, 0.15) is 30.6 Å². The van der Waals surface area contributed by atoms with Gasteiger partial charge in [-0.2, -0.15) is 0 Å². The van der Waals surface area contributed by atoms with Crippen molar-refractivity contribution in [3.63, 3.8) is 0 Å². The molecule has 0 spiro atoms. The van der Waals surface area contributed by atoms with Crippen LogP contribution < -0.4 is 10.1 Å². The highest BCUT2D eigenvalue weighted by atomic mass is 16.5. The summed E-state index contributed by atoms with van der Waals surface area (Å²) in [6, 6.07) is 31.6. The molecule has 0 fully saturated rings. The van der Waals surface area contributed by atoms with Gasteiger partial charge in [-0.25, -0.2) is 0 Å². The van der Waals surface area contributed by atoms with Crippen molar-refractivity contribution in [3.8, 4) is 5.75 Å². The molecule has 134 valence electrons. The summed E-state index contributed by atoms with van der Waals surface area (Å²) in [6.07, 6.45) is 2.02. The highest BCUT2D eigenvalue weighted by Crippen LogP contribution is 2.24. The molecule has 0 saturated heterocycles. The van der Waals surface area contributed by atoms with Crippen LogP contribution in [0, 0.1) is 0 Å². The van der Waals surface area contributed by atoms with Gasteiger partial charge in [0.05, 0.1) is 0 Å². The lowest BCUT2D eigenvalue weighted by Gasteiger charge is -2.21. The van der Waals surface area contributed by atoms with Crippen molar-refractivity contribution in [2.24, 2.45) is 0 Å². The summed E-state index contributed by atoms with van der Waals surface area (Å²) >= 11 is 0. The molecule has 3 rings (SSSR count). The smallest absolute Gasteiger partial charge is 0.125 e. The van der Waals surface area contributed by atoms with Crippen molar-refractivity contribution in [1.29, 1.82) is 0 Å². The third-order valence-electron chi connectivity index (χ3n) is 4.48. The van der Waals surface area contributed by atoms with E-state index in [1.807, 2.05) is 36.4 Å². The second-order valence-corrected chi connectivity index (χ2v) is 6.66. The molecule has 0 bridgehead atoms. The van der Waals surface area contributed by atoms with Crippen molar-refractivity contribution in [1.82, 2.24) is 5.32 Å². The lowest BCUT2D eigenvalue weighted by atomic mass is 10.0. The first kappa shape index (κ1) is 18.2. The van der Waals surface area contributed by atoms with Crippen LogP contribution in [0.25, 0.3) is 0 Å². The second kappa shape index (κ2) is 9.79. The third-order valence-corrected chi connectivity index (χ3v) is 4.48. The van der Waals surface area contributed by atoms with Crippen LogP contribution in [0.5, 0.6) is 5.75 Å². The lowest BCUT2D eigenvalue weighted by Crippen LogP contribution is -2.30. The third kappa shape index (κ3) is 5.75. The molecule has 0 heterocycles. The van der Waals surface area contributed by atoms with E-state index in [1.165, 1.54) is 11.1 Å². The van der Waals surface area contributed by atoms with E-state index in [9.17, 15) is 0 Å². The van der Waals surface area contributed by atoms with Crippen molar-refractivity contribution in [3.05, 3.63) is 102 Å². The van der Waals surface area contributed by atoms with Gasteiger partial charge in [-0.05, 0) is 43.1 Å². The number of para-hydroxylation sites is 1. The fraction of sp³-hybridized carbons (Fsp3) is 0.250. The average molecular weight is 345 g/mol. The summed E-state index contributed by atoms with van der Waals surface area (Å²) in [6.45, 7) is 3.16. The summed E-state index contributed by atoms with van der Waals surface area (Å²) in [4.78, 5) is 0. The monoisotopic (exact) mass is 345 g/mol. The molecule has 1 N–H and O–H groups in total. The van der Waals surface area contributed by atoms with Crippen molar-refractivity contribution in [2.75, 3.05) is 6.54 Å². The quantitative estimate of drug-likeness (QED) is 0.559. The van der Waals surface area contributed by atoms with E-state index in [2.05, 4.69) is 66.8 Å². The largest absolute Gasteiger partial charge is 0.486 e. The van der Waals surface area contributed by atoms with Gasteiger partial charge < -0.3 is 10.1 Å². The van der Waals surface area contributed by atoms with Crippen molar-refractivity contribution < 1.29 is 4.74 Å². The molecular weight excluding hydrogens is 318 g/mol. The number of rotatable bonds is 9. The van der Waals surface area contributed by atoms with E-state index in [0.717, 1.165) is 25.1 Å². The van der Waals surface area contributed by atoms with E-state index in [-0.39, 0.29) is 6.10 Å². The Kier molecular flexibility index (Phi) is 6.86. The Morgan fingerprint density at radius 3 is 2.00 bits per heavy atom. The predicted molar refractivity (Wildman–Crippen MR) is 108 cm³/mol. The molecule has 2 heteroatoms. The normalized spacial score (nSPS) is 13.1. The summed E-state index contributed by atoms with van der Waals surface area (Å²) < 4.78 is 6.26. The molecule has 3 aromatic rings. The maximum atomic E-state index is 6.26. The van der Waals surface area contributed by atoms with E-state index < -0.39 is 0 Å². The molecule has 2 unspecified atom stereocenters. The summed E-state index contributed by atoms with van der Waals surface area (Å²) in [5.41, 5.74) is 2.58. The Hall–Kier alpha value is -2.58. The Bertz CT molecular complexity index is 743. The maximum Gasteiger partial charge on any atom is 0.125 e. The summed E-state index contributed by atoms with van der Waals surface area (Å²) in [5.74, 6) is 0.915. The Balaban J connectivity index is 1.56. The minimum Gasteiger partial charge on any atom is -0.486 e. The number of hydrogen-bond donors (Lipinski definition) is 1. The summed E-state index contributed by atoms with van der Waals surface area (Å²) in [5, 5.41) is 3.64. The molecule has 0 aliphatic heterocycles. The molecular formula is C24H27NO. The van der Waals surface area contributed by atoms with Gasteiger partial charge in [0, 0.05) is 12.5 Å². The van der Waals surface area contributed by atoms with Gasteiger partial charge in [0.25, 0.3) is 0 Å². The minimum absolute atomic E-state index is 0.0509. The van der Waals surface area contributed by atoms with Crippen LogP contribution >= 0.6 is 0 Å². The second-order valence-electron chi connectivity index (χ2n) is 6.66. The average Bonchev–Trinajstić information content (AvgIpc) is 2.69. The fourth-order valence-corrected chi connectivity index (χ4v) is 3.13. The first-order valence-corrected chi connectivity index (χ1v) is 9.35. The van der Waals surface area contributed by atoms with Crippen LogP contribution in [0.4, 0.5) is 0 Å². The molecule has 26 heavy (non-hydrogen) atoms. The molecule has 0 aromatic heterocycles. The Labute approximate surface area is 156 Å². The van der Waals surface area contributed by atoms with E-state index in [4.69, 9.17) is 4.74 Å². The van der Waals surface area contributed by atoms with E-state index in [1.54, 1.807) is 0 Å². The van der Waals surface area contributed by atoms with Gasteiger partial charge in [0.15, 0.2) is 0 Å². The van der Waals surface area contributed by atoms with E-state index >= 15 is 0 Å². The van der Waals surface area contributed by atoms with Crippen molar-refractivity contribution >= 4 is 0 Å². The zero-order chi connectivity index (χ0) is 18.0. The zero-order valence-corrected chi connectivity index (χ0v) is 15.3. The number of benzene rings is 3. The van der Waals surface area contributed by atoms with Gasteiger partial charge in [0.1, 0.15) is 11.9 Å². The Morgan fingerprint density at radius 2 is 1.35 bits per heavy atom. The SMILES string of the molecule is CC(Cc1ccccc1)NCCC(Oc1ccccc1)c1ccccc1. The molecule has 0 aliphatic rings.